The lowest BCUT2D eigenvalue weighted by molar-refractivity contribution is -0.00348. The molecule has 1 aliphatic rings. The van der Waals surface area contributed by atoms with Crippen LogP contribution in [0.3, 0.4) is 0 Å². The Morgan fingerprint density at radius 2 is 1.92 bits per heavy atom. The van der Waals surface area contributed by atoms with Gasteiger partial charge in [0, 0.05) is 42.9 Å². The van der Waals surface area contributed by atoms with Crippen molar-refractivity contribution in [3.8, 4) is 0 Å². The molecule has 1 N–H and O–H groups in total. The second kappa shape index (κ2) is 7.81. The van der Waals surface area contributed by atoms with Crippen molar-refractivity contribution in [2.24, 2.45) is 0 Å². The molecule has 4 rings (SSSR count). The number of aromatic nitrogens is 2. The minimum absolute atomic E-state index is 0.367. The van der Waals surface area contributed by atoms with Crippen molar-refractivity contribution in [2.75, 3.05) is 19.6 Å². The van der Waals surface area contributed by atoms with Crippen LogP contribution in [-0.4, -0.2) is 40.6 Å². The van der Waals surface area contributed by atoms with Gasteiger partial charge in [0.2, 0.25) is 0 Å². The number of hydrogen-bond acceptors (Lipinski definition) is 3. The van der Waals surface area contributed by atoms with E-state index in [0.29, 0.717) is 12.7 Å². The van der Waals surface area contributed by atoms with E-state index in [1.807, 2.05) is 24.4 Å². The molecule has 0 spiro atoms. The molecule has 25 heavy (non-hydrogen) atoms. The maximum absolute atomic E-state index is 6.03. The van der Waals surface area contributed by atoms with Crippen LogP contribution < -0.4 is 0 Å². The van der Waals surface area contributed by atoms with E-state index in [1.54, 1.807) is 0 Å². The van der Waals surface area contributed by atoms with Gasteiger partial charge in [-0.05, 0) is 43.0 Å². The van der Waals surface area contributed by atoms with E-state index in [2.05, 4.69) is 45.3 Å². The maximum atomic E-state index is 6.03. The topological polar surface area (TPSA) is 41.1 Å². The van der Waals surface area contributed by atoms with Crippen LogP contribution in [0.5, 0.6) is 0 Å². The molecule has 1 aliphatic heterocycles. The number of ether oxygens (including phenoxy) is 1. The number of H-pyrrole nitrogens is 1. The van der Waals surface area contributed by atoms with Gasteiger partial charge in [0.25, 0.3) is 0 Å². The molecule has 1 saturated heterocycles. The molecule has 0 unspecified atom stereocenters. The standard InChI is InChI=1S/C21H25N3O/c1-2-7-21-20(6-1)17(15-23-21)8-12-24-13-9-19(10-14-24)25-16-18-5-3-4-11-22-18/h1-7,11,15,19,23H,8-10,12-14,16H2. The maximum Gasteiger partial charge on any atom is 0.0891 e. The van der Waals surface area contributed by atoms with E-state index in [0.717, 1.165) is 44.6 Å². The van der Waals surface area contributed by atoms with Crippen molar-refractivity contribution in [3.63, 3.8) is 0 Å². The molecule has 4 heteroatoms. The fraction of sp³-hybridized carbons (Fsp3) is 0.381. The van der Waals surface area contributed by atoms with Crippen LogP contribution in [-0.2, 0) is 17.8 Å². The zero-order valence-electron chi connectivity index (χ0n) is 14.5. The van der Waals surface area contributed by atoms with E-state index >= 15 is 0 Å². The molecular formula is C21H25N3O. The number of piperidine rings is 1. The van der Waals surface area contributed by atoms with Gasteiger partial charge in [-0.1, -0.05) is 24.3 Å². The molecule has 0 aliphatic carbocycles. The summed E-state index contributed by atoms with van der Waals surface area (Å²) in [7, 11) is 0. The molecule has 1 fully saturated rings. The number of para-hydroxylation sites is 1. The van der Waals surface area contributed by atoms with Gasteiger partial charge < -0.3 is 14.6 Å². The minimum atomic E-state index is 0.367. The molecule has 0 saturated carbocycles. The van der Waals surface area contributed by atoms with Crippen molar-refractivity contribution in [3.05, 3.63) is 66.1 Å². The predicted octanol–water partition coefficient (Wildman–Crippen LogP) is 3.79. The number of hydrogen-bond donors (Lipinski definition) is 1. The fourth-order valence-electron chi connectivity index (χ4n) is 3.60. The van der Waals surface area contributed by atoms with Gasteiger partial charge in [-0.15, -0.1) is 0 Å². The smallest absolute Gasteiger partial charge is 0.0891 e. The number of aromatic amines is 1. The normalized spacial score (nSPS) is 16.5. The third-order valence-corrected chi connectivity index (χ3v) is 5.10. The quantitative estimate of drug-likeness (QED) is 0.745. The Morgan fingerprint density at radius 1 is 1.08 bits per heavy atom. The average Bonchev–Trinajstić information content (AvgIpc) is 3.10. The van der Waals surface area contributed by atoms with Crippen LogP contribution in [0.4, 0.5) is 0 Å². The highest BCUT2D eigenvalue weighted by molar-refractivity contribution is 5.83. The van der Waals surface area contributed by atoms with Crippen LogP contribution in [0.15, 0.2) is 54.9 Å². The molecule has 0 bridgehead atoms. The molecule has 0 radical (unpaired) electrons. The number of rotatable bonds is 6. The summed E-state index contributed by atoms with van der Waals surface area (Å²) < 4.78 is 6.03. The molecule has 2 aromatic heterocycles. The summed E-state index contributed by atoms with van der Waals surface area (Å²) in [5.74, 6) is 0. The molecule has 0 atom stereocenters. The Kier molecular flexibility index (Phi) is 5.09. The monoisotopic (exact) mass is 335 g/mol. The van der Waals surface area contributed by atoms with E-state index in [-0.39, 0.29) is 0 Å². The Balaban J connectivity index is 1.22. The van der Waals surface area contributed by atoms with E-state index in [9.17, 15) is 0 Å². The number of pyridine rings is 1. The zero-order chi connectivity index (χ0) is 16.9. The molecule has 1 aromatic carbocycles. The highest BCUT2D eigenvalue weighted by atomic mass is 16.5. The summed E-state index contributed by atoms with van der Waals surface area (Å²) in [5.41, 5.74) is 3.67. The lowest BCUT2D eigenvalue weighted by Crippen LogP contribution is -2.38. The highest BCUT2D eigenvalue weighted by Crippen LogP contribution is 2.20. The number of nitrogens with zero attached hydrogens (tertiary/aromatic N) is 2. The van der Waals surface area contributed by atoms with Gasteiger partial charge in [0.1, 0.15) is 0 Å². The summed E-state index contributed by atoms with van der Waals surface area (Å²) in [6, 6.07) is 14.5. The minimum Gasteiger partial charge on any atom is -0.372 e. The van der Waals surface area contributed by atoms with Gasteiger partial charge in [-0.25, -0.2) is 0 Å². The van der Waals surface area contributed by atoms with Crippen LogP contribution in [0.2, 0.25) is 0 Å². The lowest BCUT2D eigenvalue weighted by atomic mass is 10.1. The first-order valence-electron chi connectivity index (χ1n) is 9.17. The molecular weight excluding hydrogens is 310 g/mol. The Bertz CT molecular complexity index is 791. The Hall–Kier alpha value is -2.17. The predicted molar refractivity (Wildman–Crippen MR) is 100 cm³/mol. The lowest BCUT2D eigenvalue weighted by Gasteiger charge is -2.31. The molecule has 3 aromatic rings. The van der Waals surface area contributed by atoms with Crippen molar-refractivity contribution >= 4 is 10.9 Å². The van der Waals surface area contributed by atoms with Crippen LogP contribution in [0.1, 0.15) is 24.1 Å². The van der Waals surface area contributed by atoms with Gasteiger partial charge in [0.15, 0.2) is 0 Å². The van der Waals surface area contributed by atoms with Crippen molar-refractivity contribution in [1.29, 1.82) is 0 Å². The third-order valence-electron chi connectivity index (χ3n) is 5.10. The number of fused-ring (bicyclic) bond motifs is 1. The van der Waals surface area contributed by atoms with Crippen molar-refractivity contribution < 1.29 is 4.74 Å². The Morgan fingerprint density at radius 3 is 2.76 bits per heavy atom. The van der Waals surface area contributed by atoms with E-state index < -0.39 is 0 Å². The largest absolute Gasteiger partial charge is 0.372 e. The first-order chi connectivity index (χ1) is 12.4. The number of nitrogens with one attached hydrogen (secondary N) is 1. The van der Waals surface area contributed by atoms with Gasteiger partial charge >= 0.3 is 0 Å². The molecule has 3 heterocycles. The summed E-state index contributed by atoms with van der Waals surface area (Å²) in [6.45, 7) is 3.99. The third kappa shape index (κ3) is 4.09. The van der Waals surface area contributed by atoms with Crippen LogP contribution >= 0.6 is 0 Å². The van der Waals surface area contributed by atoms with Gasteiger partial charge in [-0.2, -0.15) is 0 Å². The molecule has 4 nitrogen and oxygen atoms in total. The summed E-state index contributed by atoms with van der Waals surface area (Å²) in [5, 5.41) is 1.36. The molecule has 0 amide bonds. The average molecular weight is 335 g/mol. The second-order valence-electron chi connectivity index (χ2n) is 6.78. The summed E-state index contributed by atoms with van der Waals surface area (Å²) >= 11 is 0. The highest BCUT2D eigenvalue weighted by Gasteiger charge is 2.19. The number of likely N-dealkylation sites (tertiary alicyclic amines) is 1. The van der Waals surface area contributed by atoms with Crippen molar-refractivity contribution in [2.45, 2.75) is 32.0 Å². The number of benzene rings is 1. The zero-order valence-corrected chi connectivity index (χ0v) is 14.5. The first kappa shape index (κ1) is 16.3. The van der Waals surface area contributed by atoms with Crippen molar-refractivity contribution in [1.82, 2.24) is 14.9 Å². The van der Waals surface area contributed by atoms with E-state index in [1.165, 1.54) is 16.5 Å². The second-order valence-corrected chi connectivity index (χ2v) is 6.78. The van der Waals surface area contributed by atoms with E-state index in [4.69, 9.17) is 4.74 Å². The summed E-state index contributed by atoms with van der Waals surface area (Å²) in [4.78, 5) is 10.3. The van der Waals surface area contributed by atoms with Gasteiger partial charge in [0.05, 0.1) is 18.4 Å². The SMILES string of the molecule is c1ccc(COC2CCN(CCc3c[nH]c4ccccc34)CC2)nc1. The Labute approximate surface area is 148 Å². The fourth-order valence-corrected chi connectivity index (χ4v) is 3.60. The summed E-state index contributed by atoms with van der Waals surface area (Å²) in [6.07, 6.45) is 7.68. The van der Waals surface area contributed by atoms with Crippen LogP contribution in [0, 0.1) is 0 Å². The first-order valence-corrected chi connectivity index (χ1v) is 9.17. The van der Waals surface area contributed by atoms with Gasteiger partial charge in [-0.3, -0.25) is 4.98 Å². The van der Waals surface area contributed by atoms with Crippen LogP contribution in [0.25, 0.3) is 10.9 Å². The molecule has 130 valence electrons.